The third kappa shape index (κ3) is 1.49. The minimum absolute atomic E-state index is 1.01. The van der Waals surface area contributed by atoms with Crippen LogP contribution >= 0.6 is 65.8 Å². The van der Waals surface area contributed by atoms with Gasteiger partial charge in [-0.15, -0.1) is 0 Å². The molecular weight excluding hydrogens is 315 g/mol. The average Bonchev–Trinajstić information content (AvgIpc) is 2.87. The molecule has 1 nitrogen and oxygen atoms in total. The molecule has 3 rings (SSSR count). The third-order valence-corrected chi connectivity index (χ3v) is 8.54. The van der Waals surface area contributed by atoms with E-state index in [2.05, 4.69) is 11.5 Å². The second kappa shape index (κ2) is 4.22. The van der Waals surface area contributed by atoms with Crippen LogP contribution in [0.2, 0.25) is 0 Å². The van der Waals surface area contributed by atoms with E-state index in [0.717, 1.165) is 20.6 Å². The lowest BCUT2D eigenvalue weighted by Crippen LogP contribution is -1.94. The zero-order valence-electron chi connectivity index (χ0n) is 8.31. The Morgan fingerprint density at radius 2 is 1.44 bits per heavy atom. The van der Waals surface area contributed by atoms with Gasteiger partial charge in [0.05, 0.1) is 20.4 Å². The first-order chi connectivity index (χ1) is 7.74. The Labute approximate surface area is 117 Å². The summed E-state index contributed by atoms with van der Waals surface area (Å²) < 4.78 is 7.04. The molecule has 0 aliphatic carbocycles. The monoisotopic (exact) mass is 321 g/mol. The van der Waals surface area contributed by atoms with Gasteiger partial charge in [0.1, 0.15) is 7.65 Å². The van der Waals surface area contributed by atoms with Crippen molar-refractivity contribution >= 4 is 86.2 Å². The van der Waals surface area contributed by atoms with Crippen molar-refractivity contribution < 1.29 is 0 Å². The second-order valence-electron chi connectivity index (χ2n) is 3.42. The van der Waals surface area contributed by atoms with Crippen molar-refractivity contribution in [3.63, 3.8) is 0 Å². The lowest BCUT2D eigenvalue weighted by molar-refractivity contribution is 0.724. The molecule has 0 N–H and O–H groups in total. The fraction of sp³-hybridized carbons (Fsp3) is 0.333. The molecule has 0 saturated heterocycles. The second-order valence-corrected chi connectivity index (χ2v) is 9.05. The van der Waals surface area contributed by atoms with E-state index < -0.39 is 0 Å². The summed E-state index contributed by atoms with van der Waals surface area (Å²) in [5, 5.41) is 0. The smallest absolute Gasteiger partial charge is 0.126 e. The maximum atomic E-state index is 5.42. The number of hydrogen-bond acceptors (Lipinski definition) is 6. The number of rotatable bonds is 2. The molecule has 0 aliphatic rings. The van der Waals surface area contributed by atoms with Crippen LogP contribution in [0.3, 0.4) is 0 Å². The standard InChI is InChI=1S/C9H7NS6/c1-2-3-10-4-6(13-15-8(4)11)7-5(10)9(12)16-14-7/h2-3H2,1H3. The van der Waals surface area contributed by atoms with Gasteiger partial charge in [-0.05, 0) is 6.42 Å². The Kier molecular flexibility index (Phi) is 3.02. The van der Waals surface area contributed by atoms with Crippen LogP contribution < -0.4 is 0 Å². The maximum Gasteiger partial charge on any atom is 0.126 e. The Balaban J connectivity index is 2.61. The van der Waals surface area contributed by atoms with Crippen molar-refractivity contribution in [3.05, 3.63) is 7.65 Å². The van der Waals surface area contributed by atoms with Crippen LogP contribution in [0.15, 0.2) is 0 Å². The number of hydrogen-bond donors (Lipinski definition) is 0. The van der Waals surface area contributed by atoms with Crippen molar-refractivity contribution in [3.8, 4) is 0 Å². The van der Waals surface area contributed by atoms with Gasteiger partial charge >= 0.3 is 0 Å². The molecule has 84 valence electrons. The molecule has 16 heavy (non-hydrogen) atoms. The molecule has 0 radical (unpaired) electrons. The normalized spacial score (nSPS) is 11.8. The van der Waals surface area contributed by atoms with Crippen molar-refractivity contribution in [2.45, 2.75) is 19.9 Å². The van der Waals surface area contributed by atoms with Gasteiger partial charge in [-0.1, -0.05) is 72.7 Å². The van der Waals surface area contributed by atoms with Crippen LogP contribution in [-0.4, -0.2) is 4.57 Å². The number of aromatic nitrogens is 1. The fourth-order valence-corrected chi connectivity index (χ4v) is 7.91. The molecular formula is C9H7NS6. The zero-order chi connectivity index (χ0) is 11.3. The average molecular weight is 322 g/mol. The Hall–Kier alpha value is 0.340. The molecule has 7 heteroatoms. The van der Waals surface area contributed by atoms with E-state index in [0.29, 0.717) is 0 Å². The molecule has 0 saturated carbocycles. The van der Waals surface area contributed by atoms with Gasteiger partial charge in [-0.3, -0.25) is 0 Å². The van der Waals surface area contributed by atoms with Gasteiger partial charge in [0.25, 0.3) is 0 Å². The minimum Gasteiger partial charge on any atom is -0.335 e. The summed E-state index contributed by atoms with van der Waals surface area (Å²) in [5.41, 5.74) is 2.49. The van der Waals surface area contributed by atoms with Crippen LogP contribution in [-0.2, 0) is 6.54 Å². The van der Waals surface area contributed by atoms with Crippen molar-refractivity contribution in [1.82, 2.24) is 4.57 Å². The molecule has 3 aromatic heterocycles. The third-order valence-electron chi connectivity index (χ3n) is 2.41. The van der Waals surface area contributed by atoms with Crippen LogP contribution in [0, 0.1) is 7.65 Å². The summed E-state index contributed by atoms with van der Waals surface area (Å²) in [7, 11) is 6.98. The topological polar surface area (TPSA) is 4.93 Å². The van der Waals surface area contributed by atoms with E-state index >= 15 is 0 Å². The number of nitrogens with zero attached hydrogens (tertiary/aromatic N) is 1. The van der Waals surface area contributed by atoms with Gasteiger partial charge < -0.3 is 4.57 Å². The van der Waals surface area contributed by atoms with Gasteiger partial charge in [0, 0.05) is 6.54 Å². The maximum absolute atomic E-state index is 5.42. The lowest BCUT2D eigenvalue weighted by Gasteiger charge is -2.01. The summed E-state index contributed by atoms with van der Waals surface area (Å²) in [4.78, 5) is 0. The van der Waals surface area contributed by atoms with Gasteiger partial charge in [0.2, 0.25) is 0 Å². The van der Waals surface area contributed by atoms with E-state index in [-0.39, 0.29) is 0 Å². The van der Waals surface area contributed by atoms with Crippen molar-refractivity contribution in [2.24, 2.45) is 0 Å². The molecule has 0 fully saturated rings. The highest BCUT2D eigenvalue weighted by Crippen LogP contribution is 2.42. The fourth-order valence-electron chi connectivity index (χ4n) is 1.82. The summed E-state index contributed by atoms with van der Waals surface area (Å²) in [6, 6.07) is 0. The Bertz CT molecular complexity index is 701. The van der Waals surface area contributed by atoms with Gasteiger partial charge in [0.15, 0.2) is 0 Å². The van der Waals surface area contributed by atoms with Gasteiger partial charge in [-0.25, -0.2) is 0 Å². The summed E-state index contributed by atoms with van der Waals surface area (Å²) >= 11 is 10.8. The lowest BCUT2D eigenvalue weighted by atomic mass is 10.4. The van der Waals surface area contributed by atoms with E-state index in [1.807, 2.05) is 0 Å². The van der Waals surface area contributed by atoms with Crippen molar-refractivity contribution in [2.75, 3.05) is 0 Å². The molecule has 0 atom stereocenters. The van der Waals surface area contributed by atoms with Crippen LogP contribution in [0.4, 0.5) is 0 Å². The quantitative estimate of drug-likeness (QED) is 0.427. The van der Waals surface area contributed by atoms with Gasteiger partial charge in [-0.2, -0.15) is 0 Å². The number of fused-ring (bicyclic) bond motifs is 3. The predicted molar refractivity (Wildman–Crippen MR) is 82.9 cm³/mol. The largest absolute Gasteiger partial charge is 0.335 e. The molecule has 0 spiro atoms. The first kappa shape index (κ1) is 11.4. The molecule has 0 amide bonds. The highest BCUT2D eigenvalue weighted by atomic mass is 32.9. The first-order valence-electron chi connectivity index (χ1n) is 4.78. The minimum atomic E-state index is 1.01. The highest BCUT2D eigenvalue weighted by molar-refractivity contribution is 7.83. The van der Waals surface area contributed by atoms with Crippen LogP contribution in [0.1, 0.15) is 13.3 Å². The zero-order valence-corrected chi connectivity index (χ0v) is 13.2. The SMILES string of the molecule is CCCn1c2c(=S)ssc2c2ssc(=S)c21. The Morgan fingerprint density at radius 3 is 1.88 bits per heavy atom. The molecule has 0 aromatic carbocycles. The molecule has 0 aliphatic heterocycles. The summed E-state index contributed by atoms with van der Waals surface area (Å²) in [6.45, 7) is 3.20. The van der Waals surface area contributed by atoms with E-state index in [4.69, 9.17) is 24.4 Å². The Morgan fingerprint density at radius 1 is 0.938 bits per heavy atom. The van der Waals surface area contributed by atoms with E-state index in [1.54, 1.807) is 41.4 Å². The predicted octanol–water partition coefficient (Wildman–Crippen LogP) is 5.91. The van der Waals surface area contributed by atoms with E-state index in [9.17, 15) is 0 Å². The first-order valence-corrected chi connectivity index (χ1v) is 9.89. The van der Waals surface area contributed by atoms with Crippen molar-refractivity contribution in [1.29, 1.82) is 0 Å². The van der Waals surface area contributed by atoms with E-state index in [1.165, 1.54) is 20.4 Å². The molecule has 3 aromatic rings. The molecule has 0 unspecified atom stereocenters. The van der Waals surface area contributed by atoms with Crippen LogP contribution in [0.25, 0.3) is 20.4 Å². The molecule has 3 heterocycles. The summed E-state index contributed by atoms with van der Waals surface area (Å²) in [5.74, 6) is 0. The molecule has 0 bridgehead atoms. The number of aryl methyl sites for hydroxylation is 1. The highest BCUT2D eigenvalue weighted by Gasteiger charge is 2.16. The van der Waals surface area contributed by atoms with Crippen LogP contribution in [0.5, 0.6) is 0 Å². The summed E-state index contributed by atoms with van der Waals surface area (Å²) in [6.07, 6.45) is 1.11.